The Bertz CT molecular complexity index is 1930. The van der Waals surface area contributed by atoms with Crippen LogP contribution in [0.15, 0.2) is 108 Å². The summed E-state index contributed by atoms with van der Waals surface area (Å²) in [5.74, 6) is 0.457. The van der Waals surface area contributed by atoms with E-state index in [1.165, 1.54) is 12.1 Å². The van der Waals surface area contributed by atoms with Crippen LogP contribution < -0.4 is 20.9 Å². The molecule has 0 aliphatic rings. The number of aromatic amines is 1. The Labute approximate surface area is 283 Å². The molecule has 1 unspecified atom stereocenters. The van der Waals surface area contributed by atoms with Crippen molar-refractivity contribution in [2.24, 2.45) is 0 Å². The number of rotatable bonds is 15. The topological polar surface area (TPSA) is 164 Å². The van der Waals surface area contributed by atoms with Gasteiger partial charge in [0.25, 0.3) is 5.91 Å². The molecule has 0 aliphatic heterocycles. The van der Waals surface area contributed by atoms with Crippen LogP contribution in [0.2, 0.25) is 0 Å². The van der Waals surface area contributed by atoms with Gasteiger partial charge in [0.2, 0.25) is 5.56 Å². The molecule has 5 aromatic rings. The lowest BCUT2D eigenvalue weighted by Gasteiger charge is -2.21. The predicted octanol–water partition coefficient (Wildman–Crippen LogP) is 5.35. The van der Waals surface area contributed by atoms with E-state index in [1.54, 1.807) is 29.2 Å². The first-order valence-corrected chi connectivity index (χ1v) is 16.1. The molecule has 4 aromatic carbocycles. The average molecular weight is 665 g/mol. The molecule has 0 fully saturated rings. The number of aromatic hydroxyl groups is 1. The van der Waals surface area contributed by atoms with Gasteiger partial charge in [-0.05, 0) is 78.5 Å². The van der Waals surface area contributed by atoms with Gasteiger partial charge in [0.15, 0.2) is 0 Å². The lowest BCUT2D eigenvalue weighted by molar-refractivity contribution is 0.0761. The summed E-state index contributed by atoms with van der Waals surface area (Å²) in [6.45, 7) is 4.11. The molecule has 0 radical (unpaired) electrons. The van der Waals surface area contributed by atoms with Crippen LogP contribution in [0, 0.1) is 0 Å². The van der Waals surface area contributed by atoms with Crippen LogP contribution in [-0.2, 0) is 6.61 Å². The second-order valence-corrected chi connectivity index (χ2v) is 11.6. The van der Waals surface area contributed by atoms with Crippen LogP contribution in [0.1, 0.15) is 58.1 Å². The Morgan fingerprint density at radius 3 is 2.41 bits per heavy atom. The van der Waals surface area contributed by atoms with Crippen molar-refractivity contribution in [2.75, 3.05) is 26.2 Å². The van der Waals surface area contributed by atoms with Crippen molar-refractivity contribution in [1.82, 2.24) is 20.5 Å². The molecular formula is C38H40N4O7. The molecule has 0 bridgehead atoms. The SMILES string of the molecule is CCN(CCCNC[C@@H](O)c1ccc(O)c2[nH]c(=O)ccc12)C(=O)c1ccc(COc2cccc(C(NC(=O)O)c3ccccc3)c2)cc1. The van der Waals surface area contributed by atoms with Crippen molar-refractivity contribution in [3.63, 3.8) is 0 Å². The Morgan fingerprint density at radius 2 is 1.67 bits per heavy atom. The van der Waals surface area contributed by atoms with Crippen molar-refractivity contribution in [2.45, 2.75) is 32.1 Å². The largest absolute Gasteiger partial charge is 0.506 e. The number of aromatic nitrogens is 1. The third-order valence-electron chi connectivity index (χ3n) is 8.25. The monoisotopic (exact) mass is 664 g/mol. The third-order valence-corrected chi connectivity index (χ3v) is 8.25. The zero-order valence-electron chi connectivity index (χ0n) is 27.1. The van der Waals surface area contributed by atoms with E-state index < -0.39 is 18.2 Å². The number of ether oxygens (including phenoxy) is 1. The van der Waals surface area contributed by atoms with E-state index in [0.717, 1.165) is 16.7 Å². The molecule has 49 heavy (non-hydrogen) atoms. The van der Waals surface area contributed by atoms with Gasteiger partial charge >= 0.3 is 6.09 Å². The first-order chi connectivity index (χ1) is 23.7. The number of nitrogens with zero attached hydrogens (tertiary/aromatic N) is 1. The summed E-state index contributed by atoms with van der Waals surface area (Å²) in [4.78, 5) is 40.8. The minimum atomic E-state index is -1.12. The molecule has 11 heteroatoms. The number of fused-ring (bicyclic) bond motifs is 1. The molecule has 1 aromatic heterocycles. The molecule has 0 spiro atoms. The van der Waals surface area contributed by atoms with Crippen LogP contribution in [0.3, 0.4) is 0 Å². The summed E-state index contributed by atoms with van der Waals surface area (Å²) in [7, 11) is 0. The van der Waals surface area contributed by atoms with E-state index in [2.05, 4.69) is 15.6 Å². The molecule has 1 heterocycles. The van der Waals surface area contributed by atoms with Crippen LogP contribution in [0.4, 0.5) is 4.79 Å². The molecular weight excluding hydrogens is 624 g/mol. The summed E-state index contributed by atoms with van der Waals surface area (Å²) in [5, 5.41) is 36.6. The molecule has 5 rings (SSSR count). The first kappa shape index (κ1) is 34.7. The number of carbonyl (C=O) groups excluding carboxylic acids is 1. The highest BCUT2D eigenvalue weighted by Crippen LogP contribution is 2.29. The Hall–Kier alpha value is -5.65. The quantitative estimate of drug-likeness (QED) is 0.0817. The molecule has 0 saturated heterocycles. The summed E-state index contributed by atoms with van der Waals surface area (Å²) in [6, 6.07) is 29.4. The lowest BCUT2D eigenvalue weighted by atomic mass is 9.98. The number of nitrogens with one attached hydrogen (secondary N) is 3. The molecule has 11 nitrogen and oxygen atoms in total. The van der Waals surface area contributed by atoms with E-state index in [-0.39, 0.29) is 35.9 Å². The molecule has 6 N–H and O–H groups in total. The number of hydrogen-bond acceptors (Lipinski definition) is 7. The van der Waals surface area contributed by atoms with Gasteiger partial charge < -0.3 is 40.6 Å². The number of phenolic OH excluding ortho intramolecular Hbond substituents is 1. The minimum absolute atomic E-state index is 0.0590. The Morgan fingerprint density at radius 1 is 0.918 bits per heavy atom. The van der Waals surface area contributed by atoms with Gasteiger partial charge in [-0.3, -0.25) is 9.59 Å². The number of benzene rings is 4. The maximum absolute atomic E-state index is 13.2. The molecule has 2 amide bonds. The average Bonchev–Trinajstić information content (AvgIpc) is 3.12. The first-order valence-electron chi connectivity index (χ1n) is 16.1. The van der Waals surface area contributed by atoms with Crippen molar-refractivity contribution < 1.29 is 29.6 Å². The maximum Gasteiger partial charge on any atom is 0.405 e. The fraction of sp³-hybridized carbons (Fsp3) is 0.237. The summed E-state index contributed by atoms with van der Waals surface area (Å²) in [6.07, 6.45) is -1.30. The van der Waals surface area contributed by atoms with Crippen molar-refractivity contribution in [3.05, 3.63) is 141 Å². The summed E-state index contributed by atoms with van der Waals surface area (Å²) >= 11 is 0. The molecule has 0 aliphatic carbocycles. The highest BCUT2D eigenvalue weighted by atomic mass is 16.5. The van der Waals surface area contributed by atoms with Crippen molar-refractivity contribution in [3.8, 4) is 11.5 Å². The third kappa shape index (κ3) is 9.04. The molecule has 254 valence electrons. The number of carbonyl (C=O) groups is 2. The molecule has 0 saturated carbocycles. The van der Waals surface area contributed by atoms with Gasteiger partial charge in [0, 0.05) is 36.7 Å². The fourth-order valence-electron chi connectivity index (χ4n) is 5.70. The number of carboxylic acid groups (broad SMARTS) is 1. The fourth-order valence-corrected chi connectivity index (χ4v) is 5.70. The van der Waals surface area contributed by atoms with Crippen LogP contribution in [-0.4, -0.2) is 63.4 Å². The zero-order chi connectivity index (χ0) is 34.8. The van der Waals surface area contributed by atoms with E-state index >= 15 is 0 Å². The maximum atomic E-state index is 13.2. The van der Waals surface area contributed by atoms with Gasteiger partial charge in [-0.1, -0.05) is 60.7 Å². The smallest absolute Gasteiger partial charge is 0.405 e. The van der Waals surface area contributed by atoms with Crippen LogP contribution in [0.25, 0.3) is 10.9 Å². The van der Waals surface area contributed by atoms with Crippen molar-refractivity contribution >= 4 is 22.9 Å². The number of amides is 2. The Kier molecular flexibility index (Phi) is 11.6. The van der Waals surface area contributed by atoms with E-state index in [4.69, 9.17) is 4.74 Å². The van der Waals surface area contributed by atoms with Gasteiger partial charge in [0.05, 0.1) is 17.7 Å². The normalized spacial score (nSPS) is 12.3. The number of aliphatic hydroxyl groups is 1. The predicted molar refractivity (Wildman–Crippen MR) is 187 cm³/mol. The highest BCUT2D eigenvalue weighted by molar-refractivity contribution is 5.94. The van der Waals surface area contributed by atoms with E-state index in [1.807, 2.05) is 73.7 Å². The lowest BCUT2D eigenvalue weighted by Crippen LogP contribution is -2.33. The van der Waals surface area contributed by atoms with Gasteiger partial charge in [-0.2, -0.15) is 0 Å². The number of pyridine rings is 1. The number of phenols is 1. The standard InChI is InChI=1S/C38H40N4O7/c1-2-42(21-7-20-39-23-33(44)30-16-18-32(43)36-31(30)17-19-34(45)40-36)37(46)27-14-12-25(13-15-27)24-49-29-11-6-10-28(22-29)35(41-38(47)48)26-8-4-3-5-9-26/h3-6,8-19,22,33,35,39,41,43-44H,2,7,20-21,23-24H2,1H3,(H,40,45)(H,47,48)/t33-,35?/m1/s1. The van der Waals surface area contributed by atoms with Gasteiger partial charge in [0.1, 0.15) is 18.1 Å². The van der Waals surface area contributed by atoms with Crippen molar-refractivity contribution in [1.29, 1.82) is 0 Å². The summed E-state index contributed by atoms with van der Waals surface area (Å²) < 4.78 is 6.02. The van der Waals surface area contributed by atoms with E-state index in [0.29, 0.717) is 48.3 Å². The number of hydrogen-bond donors (Lipinski definition) is 6. The van der Waals surface area contributed by atoms with Gasteiger partial charge in [-0.15, -0.1) is 0 Å². The Balaban J connectivity index is 1.10. The number of aliphatic hydroxyl groups excluding tert-OH is 1. The van der Waals surface area contributed by atoms with Crippen LogP contribution >= 0.6 is 0 Å². The second kappa shape index (κ2) is 16.4. The van der Waals surface area contributed by atoms with Gasteiger partial charge in [-0.25, -0.2) is 4.79 Å². The van der Waals surface area contributed by atoms with E-state index in [9.17, 15) is 29.7 Å². The number of H-pyrrole nitrogens is 1. The molecule has 2 atom stereocenters. The zero-order valence-corrected chi connectivity index (χ0v) is 27.1. The van der Waals surface area contributed by atoms with Crippen LogP contribution in [0.5, 0.6) is 11.5 Å². The second-order valence-electron chi connectivity index (χ2n) is 11.6. The minimum Gasteiger partial charge on any atom is -0.506 e. The summed E-state index contributed by atoms with van der Waals surface area (Å²) in [5.41, 5.74) is 3.56. The highest BCUT2D eigenvalue weighted by Gasteiger charge is 2.18.